The highest BCUT2D eigenvalue weighted by Crippen LogP contribution is 2.36. The van der Waals surface area contributed by atoms with Crippen LogP contribution in [0.5, 0.6) is 0 Å². The van der Waals surface area contributed by atoms with E-state index >= 15 is 0 Å². The maximum Gasteiger partial charge on any atom is 0.231 e. The molecule has 1 aromatic carbocycles. The van der Waals surface area contributed by atoms with Gasteiger partial charge in [-0.3, -0.25) is 14.8 Å². The first kappa shape index (κ1) is 15.2. The van der Waals surface area contributed by atoms with Crippen LogP contribution in [-0.2, 0) is 10.0 Å². The molecule has 0 unspecified atom stereocenters. The summed E-state index contributed by atoms with van der Waals surface area (Å²) in [5.41, 5.74) is 2.58. The first-order chi connectivity index (χ1) is 10.9. The van der Waals surface area contributed by atoms with E-state index < -0.39 is 10.0 Å². The lowest BCUT2D eigenvalue weighted by Crippen LogP contribution is -2.10. The van der Waals surface area contributed by atoms with Crippen LogP contribution < -0.4 is 4.72 Å². The fraction of sp³-hybridized carbons (Fsp3) is 0.0667. The van der Waals surface area contributed by atoms with Gasteiger partial charge in [-0.15, -0.1) is 0 Å². The van der Waals surface area contributed by atoms with Crippen LogP contribution in [0.15, 0.2) is 48.8 Å². The summed E-state index contributed by atoms with van der Waals surface area (Å²) in [7, 11) is -3.50. The van der Waals surface area contributed by atoms with Crippen molar-refractivity contribution in [1.29, 1.82) is 0 Å². The Bertz CT molecular complexity index is 922. The number of aromatic amines is 1. The van der Waals surface area contributed by atoms with E-state index in [4.69, 9.17) is 0 Å². The number of aromatic nitrogens is 3. The van der Waals surface area contributed by atoms with E-state index in [-0.39, 0.29) is 11.6 Å². The summed E-state index contributed by atoms with van der Waals surface area (Å²) in [6.45, 7) is 0. The number of hydrogen-bond acceptors (Lipinski definition) is 4. The maximum atomic E-state index is 13.2. The number of hydrogen-bond donors (Lipinski definition) is 2. The summed E-state index contributed by atoms with van der Waals surface area (Å²) in [5, 5.41) is 6.88. The number of anilines is 1. The molecular formula is C15H13FN4O2S. The van der Waals surface area contributed by atoms with Crippen molar-refractivity contribution in [3.63, 3.8) is 0 Å². The highest BCUT2D eigenvalue weighted by Gasteiger charge is 2.19. The number of nitrogens with zero attached hydrogens (tertiary/aromatic N) is 2. The largest absolute Gasteiger partial charge is 0.275 e. The average molecular weight is 332 g/mol. The molecule has 0 saturated carbocycles. The van der Waals surface area contributed by atoms with Crippen LogP contribution in [-0.4, -0.2) is 29.9 Å². The van der Waals surface area contributed by atoms with Crippen molar-refractivity contribution < 1.29 is 12.8 Å². The molecule has 0 spiro atoms. The zero-order chi connectivity index (χ0) is 16.4. The summed E-state index contributed by atoms with van der Waals surface area (Å²) in [4.78, 5) is 3.96. The second-order valence-corrected chi connectivity index (χ2v) is 6.69. The van der Waals surface area contributed by atoms with Gasteiger partial charge in [0, 0.05) is 18.0 Å². The van der Waals surface area contributed by atoms with E-state index in [1.807, 2.05) is 0 Å². The van der Waals surface area contributed by atoms with Gasteiger partial charge in [-0.2, -0.15) is 5.10 Å². The predicted molar refractivity (Wildman–Crippen MR) is 85.7 cm³/mol. The molecule has 2 heterocycles. The Labute approximate surface area is 132 Å². The lowest BCUT2D eigenvalue weighted by molar-refractivity contribution is 0.606. The molecule has 0 atom stereocenters. The number of sulfonamides is 1. The summed E-state index contributed by atoms with van der Waals surface area (Å²) in [6.07, 6.45) is 4.28. The van der Waals surface area contributed by atoms with Gasteiger partial charge in [0.1, 0.15) is 5.82 Å². The number of pyridine rings is 1. The molecule has 8 heteroatoms. The molecule has 0 aliphatic rings. The average Bonchev–Trinajstić information content (AvgIpc) is 2.90. The molecule has 0 bridgehead atoms. The van der Waals surface area contributed by atoms with Gasteiger partial charge in [-0.05, 0) is 29.8 Å². The van der Waals surface area contributed by atoms with Gasteiger partial charge in [0.05, 0.1) is 17.5 Å². The van der Waals surface area contributed by atoms with E-state index in [9.17, 15) is 12.8 Å². The molecule has 3 aromatic rings. The molecule has 0 amide bonds. The van der Waals surface area contributed by atoms with Gasteiger partial charge in [0.25, 0.3) is 0 Å². The van der Waals surface area contributed by atoms with E-state index in [1.54, 1.807) is 36.7 Å². The first-order valence-electron chi connectivity index (χ1n) is 6.66. The van der Waals surface area contributed by atoms with E-state index in [0.29, 0.717) is 16.8 Å². The number of benzene rings is 1. The minimum Gasteiger partial charge on any atom is -0.275 e. The lowest BCUT2D eigenvalue weighted by Gasteiger charge is -2.07. The topological polar surface area (TPSA) is 87.7 Å². The van der Waals surface area contributed by atoms with Crippen LogP contribution in [0.25, 0.3) is 22.4 Å². The highest BCUT2D eigenvalue weighted by molar-refractivity contribution is 7.92. The fourth-order valence-electron chi connectivity index (χ4n) is 2.22. The standard InChI is InChI=1S/C15H13FN4O2S/c1-23(21,22)20-15-13(10-2-4-12(16)5-3-10)14(18-19-15)11-6-8-17-9-7-11/h2-9H,1H3,(H2,18,19,20). The molecule has 2 aromatic heterocycles. The quantitative estimate of drug-likeness (QED) is 0.769. The molecular weight excluding hydrogens is 319 g/mol. The van der Waals surface area contributed by atoms with Gasteiger partial charge < -0.3 is 0 Å². The molecule has 0 saturated heterocycles. The van der Waals surface area contributed by atoms with Crippen molar-refractivity contribution in [2.24, 2.45) is 0 Å². The molecule has 2 N–H and O–H groups in total. The monoisotopic (exact) mass is 332 g/mol. The predicted octanol–water partition coefficient (Wildman–Crippen LogP) is 2.65. The minimum atomic E-state index is -3.50. The van der Waals surface area contributed by atoms with Crippen LogP contribution in [0.3, 0.4) is 0 Å². The van der Waals surface area contributed by atoms with Crippen molar-refractivity contribution in [1.82, 2.24) is 15.2 Å². The summed E-state index contributed by atoms with van der Waals surface area (Å²) < 4.78 is 38.7. The summed E-state index contributed by atoms with van der Waals surface area (Å²) in [6, 6.07) is 9.29. The number of nitrogens with one attached hydrogen (secondary N) is 2. The molecule has 23 heavy (non-hydrogen) atoms. The number of H-pyrrole nitrogens is 1. The molecule has 0 radical (unpaired) electrons. The molecule has 118 valence electrons. The normalized spacial score (nSPS) is 11.4. The molecule has 3 rings (SSSR count). The Kier molecular flexibility index (Phi) is 3.83. The van der Waals surface area contributed by atoms with Crippen LogP contribution >= 0.6 is 0 Å². The van der Waals surface area contributed by atoms with Crippen molar-refractivity contribution >= 4 is 15.8 Å². The minimum absolute atomic E-state index is 0.158. The van der Waals surface area contributed by atoms with Gasteiger partial charge >= 0.3 is 0 Å². The lowest BCUT2D eigenvalue weighted by atomic mass is 10.0. The van der Waals surface area contributed by atoms with Gasteiger partial charge in [0.15, 0.2) is 5.82 Å². The molecule has 6 nitrogen and oxygen atoms in total. The maximum absolute atomic E-state index is 13.2. The Hall–Kier alpha value is -2.74. The van der Waals surface area contributed by atoms with Gasteiger partial charge in [-0.1, -0.05) is 12.1 Å². The summed E-state index contributed by atoms with van der Waals surface area (Å²) >= 11 is 0. The first-order valence-corrected chi connectivity index (χ1v) is 8.56. The number of rotatable bonds is 4. The third kappa shape index (κ3) is 3.37. The molecule has 0 fully saturated rings. The smallest absolute Gasteiger partial charge is 0.231 e. The Morgan fingerprint density at radius 1 is 1.04 bits per heavy atom. The van der Waals surface area contributed by atoms with Crippen LogP contribution in [0, 0.1) is 5.82 Å². The van der Waals surface area contributed by atoms with Crippen molar-refractivity contribution in [2.45, 2.75) is 0 Å². The zero-order valence-electron chi connectivity index (χ0n) is 12.1. The Morgan fingerprint density at radius 3 is 2.30 bits per heavy atom. The third-order valence-electron chi connectivity index (χ3n) is 3.15. The van der Waals surface area contributed by atoms with Crippen molar-refractivity contribution in [3.05, 3.63) is 54.6 Å². The number of halogens is 1. The van der Waals surface area contributed by atoms with Crippen LogP contribution in [0.1, 0.15) is 0 Å². The summed E-state index contributed by atoms with van der Waals surface area (Å²) in [5.74, 6) is -0.216. The zero-order valence-corrected chi connectivity index (χ0v) is 12.9. The highest BCUT2D eigenvalue weighted by atomic mass is 32.2. The molecule has 0 aliphatic heterocycles. The SMILES string of the molecule is CS(=O)(=O)Nc1n[nH]c(-c2ccncc2)c1-c1ccc(F)cc1. The van der Waals surface area contributed by atoms with E-state index in [1.165, 1.54) is 12.1 Å². The van der Waals surface area contributed by atoms with E-state index in [0.717, 1.165) is 11.8 Å². The van der Waals surface area contributed by atoms with Crippen molar-refractivity contribution in [2.75, 3.05) is 11.0 Å². The Morgan fingerprint density at radius 2 is 1.70 bits per heavy atom. The van der Waals surface area contributed by atoms with Gasteiger partial charge in [0.2, 0.25) is 10.0 Å². The molecule has 0 aliphatic carbocycles. The van der Waals surface area contributed by atoms with Gasteiger partial charge in [-0.25, -0.2) is 12.8 Å². The van der Waals surface area contributed by atoms with E-state index in [2.05, 4.69) is 19.9 Å². The Balaban J connectivity index is 2.20. The second kappa shape index (κ2) is 5.81. The van der Waals surface area contributed by atoms with Crippen LogP contribution in [0.2, 0.25) is 0 Å². The fourth-order valence-corrected chi connectivity index (χ4v) is 2.72. The van der Waals surface area contributed by atoms with Crippen LogP contribution in [0.4, 0.5) is 10.2 Å². The third-order valence-corrected chi connectivity index (χ3v) is 3.71. The second-order valence-electron chi connectivity index (χ2n) is 4.94. The van der Waals surface area contributed by atoms with Crippen molar-refractivity contribution in [3.8, 4) is 22.4 Å².